The molecule has 1 saturated carbocycles. The SMILES string of the molecule is Cc1c(F)cccc1[C@]1(C(=O)NO)CC[C@H](c2ccc3c(F)nn(C)c3c2)C1.S.S. The molecule has 1 amide bonds. The second kappa shape index (κ2) is 8.95. The van der Waals surface area contributed by atoms with Crippen molar-refractivity contribution in [2.75, 3.05) is 0 Å². The van der Waals surface area contributed by atoms with Crippen LogP contribution in [0.2, 0.25) is 0 Å². The monoisotopic (exact) mass is 453 g/mol. The normalized spacial score (nSPS) is 20.5. The van der Waals surface area contributed by atoms with E-state index in [1.54, 1.807) is 37.7 Å². The molecular formula is C21H25F2N3O2S2. The molecule has 162 valence electrons. The second-order valence-electron chi connectivity index (χ2n) is 7.57. The van der Waals surface area contributed by atoms with E-state index in [1.807, 2.05) is 12.1 Å². The smallest absolute Gasteiger partial charge is 0.254 e. The maximum absolute atomic E-state index is 14.2. The Morgan fingerprint density at radius 3 is 2.70 bits per heavy atom. The molecule has 0 aliphatic heterocycles. The zero-order valence-electron chi connectivity index (χ0n) is 16.7. The van der Waals surface area contributed by atoms with Crippen LogP contribution < -0.4 is 5.48 Å². The summed E-state index contributed by atoms with van der Waals surface area (Å²) in [6, 6.07) is 10.1. The number of nitrogens with one attached hydrogen (secondary N) is 1. The topological polar surface area (TPSA) is 67.2 Å². The van der Waals surface area contributed by atoms with Gasteiger partial charge in [-0.3, -0.25) is 14.7 Å². The number of hydrogen-bond acceptors (Lipinski definition) is 3. The highest BCUT2D eigenvalue weighted by Crippen LogP contribution is 2.50. The first-order chi connectivity index (χ1) is 13.4. The zero-order valence-corrected chi connectivity index (χ0v) is 18.7. The quantitative estimate of drug-likeness (QED) is 0.464. The standard InChI is InChI=1S/C21H21F2N3O2.2H2S/c1-12-16(4-3-5-17(12)22)21(20(27)25-28)9-8-14(11-21)13-6-7-15-18(10-13)26(2)24-19(15)23;;/h3-7,10,14,28H,8-9,11H2,1-2H3,(H,25,27);2*1H2/t14-,21-;;/m0../s1. The molecule has 0 radical (unpaired) electrons. The summed E-state index contributed by atoms with van der Waals surface area (Å²) >= 11 is 0. The minimum Gasteiger partial charge on any atom is -0.289 e. The molecule has 4 rings (SSSR count). The highest BCUT2D eigenvalue weighted by atomic mass is 32.1. The first kappa shape index (κ1) is 24.2. The van der Waals surface area contributed by atoms with Crippen LogP contribution in [-0.2, 0) is 17.3 Å². The molecule has 1 aliphatic rings. The fourth-order valence-electron chi connectivity index (χ4n) is 4.62. The van der Waals surface area contributed by atoms with Gasteiger partial charge >= 0.3 is 0 Å². The summed E-state index contributed by atoms with van der Waals surface area (Å²) in [7, 11) is 1.68. The van der Waals surface area contributed by atoms with E-state index >= 15 is 0 Å². The number of aryl methyl sites for hydroxylation is 1. The summed E-state index contributed by atoms with van der Waals surface area (Å²) in [5, 5.41) is 13.6. The number of hydrogen-bond donors (Lipinski definition) is 2. The Balaban J connectivity index is 0.00000160. The van der Waals surface area contributed by atoms with Crippen LogP contribution in [0.5, 0.6) is 0 Å². The Hall–Kier alpha value is -2.10. The molecule has 9 heteroatoms. The maximum Gasteiger partial charge on any atom is 0.254 e. The van der Waals surface area contributed by atoms with Crippen LogP contribution in [0.15, 0.2) is 36.4 Å². The number of amides is 1. The van der Waals surface area contributed by atoms with Crippen molar-refractivity contribution < 1.29 is 18.8 Å². The van der Waals surface area contributed by atoms with Gasteiger partial charge in [-0.2, -0.15) is 31.4 Å². The van der Waals surface area contributed by atoms with Gasteiger partial charge in [0.2, 0.25) is 5.95 Å². The Kier molecular flexibility index (Phi) is 7.21. The first-order valence-electron chi connectivity index (χ1n) is 9.19. The van der Waals surface area contributed by atoms with Crippen LogP contribution in [-0.4, -0.2) is 20.9 Å². The van der Waals surface area contributed by atoms with Gasteiger partial charge in [0.05, 0.1) is 16.3 Å². The predicted octanol–water partition coefficient (Wildman–Crippen LogP) is 4.10. The summed E-state index contributed by atoms with van der Waals surface area (Å²) in [6.45, 7) is 1.65. The van der Waals surface area contributed by atoms with Gasteiger partial charge < -0.3 is 0 Å². The summed E-state index contributed by atoms with van der Waals surface area (Å²) in [5.74, 6) is -1.41. The number of carbonyl (C=O) groups is 1. The summed E-state index contributed by atoms with van der Waals surface area (Å²) in [4.78, 5) is 12.7. The van der Waals surface area contributed by atoms with Gasteiger partial charge in [-0.1, -0.05) is 18.2 Å². The Morgan fingerprint density at radius 2 is 2.00 bits per heavy atom. The third-order valence-electron chi connectivity index (χ3n) is 6.14. The molecule has 30 heavy (non-hydrogen) atoms. The molecule has 1 aliphatic carbocycles. The molecule has 1 aromatic heterocycles. The van der Waals surface area contributed by atoms with Crippen LogP contribution in [0.4, 0.5) is 8.78 Å². The van der Waals surface area contributed by atoms with Gasteiger partial charge in [0.1, 0.15) is 5.82 Å². The fourth-order valence-corrected chi connectivity index (χ4v) is 4.62. The van der Waals surface area contributed by atoms with E-state index in [0.29, 0.717) is 41.3 Å². The molecular weight excluding hydrogens is 428 g/mol. The van der Waals surface area contributed by atoms with Crippen LogP contribution in [0.3, 0.4) is 0 Å². The number of halogens is 2. The largest absolute Gasteiger partial charge is 0.289 e. The van der Waals surface area contributed by atoms with Gasteiger partial charge in [0, 0.05) is 7.05 Å². The number of carbonyl (C=O) groups excluding carboxylic acids is 1. The van der Waals surface area contributed by atoms with Crippen molar-refractivity contribution in [3.05, 3.63) is 64.9 Å². The number of fused-ring (bicyclic) bond motifs is 1. The van der Waals surface area contributed by atoms with E-state index < -0.39 is 17.3 Å². The lowest BCUT2D eigenvalue weighted by atomic mass is 9.75. The van der Waals surface area contributed by atoms with Crippen molar-refractivity contribution >= 4 is 43.8 Å². The average Bonchev–Trinajstić information content (AvgIpc) is 3.26. The molecule has 3 aromatic rings. The maximum atomic E-state index is 14.2. The number of aromatic nitrogens is 2. The van der Waals surface area contributed by atoms with Crippen LogP contribution in [0.1, 0.15) is 41.9 Å². The van der Waals surface area contributed by atoms with Crippen molar-refractivity contribution in [1.29, 1.82) is 0 Å². The van der Waals surface area contributed by atoms with Crippen LogP contribution >= 0.6 is 27.0 Å². The van der Waals surface area contributed by atoms with Crippen molar-refractivity contribution in [1.82, 2.24) is 15.3 Å². The van der Waals surface area contributed by atoms with Gasteiger partial charge in [-0.15, -0.1) is 5.10 Å². The summed E-state index contributed by atoms with van der Waals surface area (Å²) in [6.07, 6.45) is 1.59. The zero-order chi connectivity index (χ0) is 20.1. The number of nitrogens with zero attached hydrogens (tertiary/aromatic N) is 2. The minimum atomic E-state index is -1.02. The Labute approximate surface area is 187 Å². The highest BCUT2D eigenvalue weighted by molar-refractivity contribution is 7.59. The molecule has 2 aromatic carbocycles. The van der Waals surface area contributed by atoms with Crippen LogP contribution in [0, 0.1) is 18.7 Å². The predicted molar refractivity (Wildman–Crippen MR) is 121 cm³/mol. The fraction of sp³-hybridized carbons (Fsp3) is 0.333. The van der Waals surface area contributed by atoms with Crippen LogP contribution in [0.25, 0.3) is 10.9 Å². The molecule has 1 heterocycles. The summed E-state index contributed by atoms with van der Waals surface area (Å²) in [5.41, 5.74) is 3.42. The molecule has 2 atom stereocenters. The van der Waals surface area contributed by atoms with Gasteiger partial charge in [0.25, 0.3) is 5.91 Å². The number of hydroxylamine groups is 1. The molecule has 0 spiro atoms. The van der Waals surface area contributed by atoms with E-state index in [9.17, 15) is 18.8 Å². The Morgan fingerprint density at radius 1 is 1.27 bits per heavy atom. The molecule has 2 N–H and O–H groups in total. The summed E-state index contributed by atoms with van der Waals surface area (Å²) < 4.78 is 29.5. The molecule has 0 unspecified atom stereocenters. The first-order valence-corrected chi connectivity index (χ1v) is 9.19. The van der Waals surface area contributed by atoms with Gasteiger partial charge in [-0.05, 0) is 67.0 Å². The third kappa shape index (κ3) is 3.70. The number of rotatable bonds is 3. The van der Waals surface area contributed by atoms with Gasteiger partial charge in [0.15, 0.2) is 0 Å². The van der Waals surface area contributed by atoms with Crippen molar-refractivity contribution in [3.63, 3.8) is 0 Å². The molecule has 0 bridgehead atoms. The van der Waals surface area contributed by atoms with E-state index in [0.717, 1.165) is 5.56 Å². The lowest BCUT2D eigenvalue weighted by Crippen LogP contribution is -2.42. The molecule has 5 nitrogen and oxygen atoms in total. The van der Waals surface area contributed by atoms with E-state index in [1.165, 1.54) is 10.7 Å². The van der Waals surface area contributed by atoms with E-state index in [-0.39, 0.29) is 38.7 Å². The lowest BCUT2D eigenvalue weighted by molar-refractivity contribution is -0.135. The average molecular weight is 454 g/mol. The highest BCUT2D eigenvalue weighted by Gasteiger charge is 2.48. The molecule has 0 saturated heterocycles. The third-order valence-corrected chi connectivity index (χ3v) is 6.14. The van der Waals surface area contributed by atoms with Crippen molar-refractivity contribution in [3.8, 4) is 0 Å². The molecule has 1 fully saturated rings. The van der Waals surface area contributed by atoms with Gasteiger partial charge in [-0.25, -0.2) is 9.87 Å². The number of benzene rings is 2. The second-order valence-corrected chi connectivity index (χ2v) is 7.57. The minimum absolute atomic E-state index is 0. The lowest BCUT2D eigenvalue weighted by Gasteiger charge is -2.29. The van der Waals surface area contributed by atoms with E-state index in [2.05, 4.69) is 5.10 Å². The Bertz CT molecular complexity index is 1090. The van der Waals surface area contributed by atoms with Crippen molar-refractivity contribution in [2.45, 2.75) is 37.5 Å². The van der Waals surface area contributed by atoms with E-state index in [4.69, 9.17) is 0 Å². The van der Waals surface area contributed by atoms with Crippen molar-refractivity contribution in [2.24, 2.45) is 7.05 Å².